The van der Waals surface area contributed by atoms with Gasteiger partial charge in [0.25, 0.3) is 11.8 Å². The molecule has 1 saturated heterocycles. The summed E-state index contributed by atoms with van der Waals surface area (Å²) in [5.74, 6) is -2.69. The molecule has 2 aliphatic rings. The summed E-state index contributed by atoms with van der Waals surface area (Å²) in [5, 5.41) is 4.89. The fourth-order valence-electron chi connectivity index (χ4n) is 4.56. The summed E-state index contributed by atoms with van der Waals surface area (Å²) in [6.07, 6.45) is 2.51. The van der Waals surface area contributed by atoms with Gasteiger partial charge in [0.15, 0.2) is 0 Å². The van der Waals surface area contributed by atoms with E-state index in [0.717, 1.165) is 17.7 Å². The SMILES string of the molecule is NCCOCCOCCOCCOCCOCCCCCC(=O)Nc1cccc2c1C(=O)N(C1CCC(=O)NC1=O)C2=O. The van der Waals surface area contributed by atoms with Crippen molar-refractivity contribution in [2.24, 2.45) is 5.73 Å². The summed E-state index contributed by atoms with van der Waals surface area (Å²) in [6, 6.07) is 3.54. The van der Waals surface area contributed by atoms with Crippen LogP contribution in [0.15, 0.2) is 18.2 Å². The van der Waals surface area contributed by atoms with Crippen LogP contribution < -0.4 is 16.4 Å². The van der Waals surface area contributed by atoms with E-state index in [4.69, 9.17) is 29.4 Å². The van der Waals surface area contributed by atoms with E-state index in [1.54, 1.807) is 12.1 Å². The number of nitrogens with zero attached hydrogens (tertiary/aromatic N) is 1. The van der Waals surface area contributed by atoms with Crippen LogP contribution in [0.4, 0.5) is 5.69 Å². The number of benzene rings is 1. The van der Waals surface area contributed by atoms with Crippen molar-refractivity contribution in [3.8, 4) is 0 Å². The van der Waals surface area contributed by atoms with Crippen LogP contribution in [-0.2, 0) is 38.1 Å². The van der Waals surface area contributed by atoms with Crippen LogP contribution in [0.25, 0.3) is 0 Å². The molecule has 2 heterocycles. The number of hydrogen-bond acceptors (Lipinski definition) is 11. The average molecular weight is 607 g/mol. The highest BCUT2D eigenvalue weighted by Gasteiger charge is 2.45. The highest BCUT2D eigenvalue weighted by atomic mass is 16.6. The van der Waals surface area contributed by atoms with Crippen molar-refractivity contribution in [3.05, 3.63) is 29.3 Å². The predicted molar refractivity (Wildman–Crippen MR) is 153 cm³/mol. The van der Waals surface area contributed by atoms with Crippen molar-refractivity contribution < 1.29 is 47.7 Å². The molecule has 14 nitrogen and oxygen atoms in total. The number of carbonyl (C=O) groups is 5. The van der Waals surface area contributed by atoms with E-state index in [9.17, 15) is 24.0 Å². The van der Waals surface area contributed by atoms with Crippen LogP contribution >= 0.6 is 0 Å². The Balaban J connectivity index is 1.22. The minimum absolute atomic E-state index is 0.0343. The summed E-state index contributed by atoms with van der Waals surface area (Å²) >= 11 is 0. The molecule has 1 aromatic rings. The molecule has 2 aliphatic heterocycles. The maximum Gasteiger partial charge on any atom is 0.264 e. The molecule has 14 heteroatoms. The number of hydrogen-bond donors (Lipinski definition) is 3. The second-order valence-electron chi connectivity index (χ2n) is 9.88. The van der Waals surface area contributed by atoms with Gasteiger partial charge in [0, 0.05) is 26.0 Å². The minimum Gasteiger partial charge on any atom is -0.379 e. The normalized spacial score (nSPS) is 16.5. The predicted octanol–water partition coefficient (Wildman–Crippen LogP) is 0.628. The van der Waals surface area contributed by atoms with Crippen LogP contribution in [0, 0.1) is 0 Å². The van der Waals surface area contributed by atoms with E-state index >= 15 is 0 Å². The number of piperidine rings is 1. The molecule has 0 spiro atoms. The molecule has 1 fully saturated rings. The molecule has 0 bridgehead atoms. The van der Waals surface area contributed by atoms with Gasteiger partial charge in [-0.1, -0.05) is 12.5 Å². The third-order valence-corrected chi connectivity index (χ3v) is 6.68. The molecule has 43 heavy (non-hydrogen) atoms. The summed E-state index contributed by atoms with van der Waals surface area (Å²) in [6.45, 7) is 5.48. The number of rotatable bonds is 22. The van der Waals surface area contributed by atoms with Gasteiger partial charge in [-0.3, -0.25) is 34.2 Å². The zero-order valence-electron chi connectivity index (χ0n) is 24.4. The Bertz CT molecular complexity index is 1100. The standard InChI is InChI=1S/C29H42N4O10/c30-10-12-40-14-16-42-18-20-43-19-17-41-15-13-39-11-3-1-2-7-24(34)31-22-6-4-5-21-26(22)29(38)33(28(21)37)23-8-9-25(35)32-27(23)36/h4-6,23H,1-3,7-20,30H2,(H,31,34)(H,32,35,36). The summed E-state index contributed by atoms with van der Waals surface area (Å²) in [5.41, 5.74) is 5.72. The molecule has 0 aliphatic carbocycles. The topological polar surface area (TPSA) is 185 Å². The van der Waals surface area contributed by atoms with Gasteiger partial charge in [-0.05, 0) is 31.4 Å². The number of nitrogens with one attached hydrogen (secondary N) is 2. The number of carbonyl (C=O) groups excluding carboxylic acids is 5. The quantitative estimate of drug-likeness (QED) is 0.124. The van der Waals surface area contributed by atoms with E-state index in [1.165, 1.54) is 6.07 Å². The van der Waals surface area contributed by atoms with E-state index in [0.29, 0.717) is 79.0 Å². The van der Waals surface area contributed by atoms with Crippen LogP contribution in [0.5, 0.6) is 0 Å². The second kappa shape index (κ2) is 19.1. The minimum atomic E-state index is -1.06. The third-order valence-electron chi connectivity index (χ3n) is 6.68. The average Bonchev–Trinajstić information content (AvgIpc) is 3.24. The Morgan fingerprint density at radius 1 is 0.814 bits per heavy atom. The zero-order valence-corrected chi connectivity index (χ0v) is 24.4. The van der Waals surface area contributed by atoms with Crippen molar-refractivity contribution in [2.45, 2.75) is 44.6 Å². The fourth-order valence-corrected chi connectivity index (χ4v) is 4.56. The lowest BCUT2D eigenvalue weighted by molar-refractivity contribution is -0.136. The number of nitrogens with two attached hydrogens (primary N) is 1. The van der Waals surface area contributed by atoms with Crippen molar-refractivity contribution >= 4 is 35.2 Å². The van der Waals surface area contributed by atoms with Crippen molar-refractivity contribution in [3.63, 3.8) is 0 Å². The number of ether oxygens (including phenoxy) is 5. The lowest BCUT2D eigenvalue weighted by Gasteiger charge is -2.27. The number of anilines is 1. The first-order chi connectivity index (χ1) is 20.9. The Kier molecular flexibility index (Phi) is 15.2. The molecular formula is C29H42N4O10. The van der Waals surface area contributed by atoms with Crippen LogP contribution in [0.3, 0.4) is 0 Å². The van der Waals surface area contributed by atoms with E-state index in [-0.39, 0.29) is 42.0 Å². The number of unbranched alkanes of at least 4 members (excludes halogenated alkanes) is 2. The lowest BCUT2D eigenvalue weighted by atomic mass is 10.0. The van der Waals surface area contributed by atoms with Gasteiger partial charge in [0.2, 0.25) is 17.7 Å². The Morgan fingerprint density at radius 3 is 2.02 bits per heavy atom. The Morgan fingerprint density at radius 2 is 1.42 bits per heavy atom. The lowest BCUT2D eigenvalue weighted by Crippen LogP contribution is -2.54. The highest BCUT2D eigenvalue weighted by Crippen LogP contribution is 2.32. The number of fused-ring (bicyclic) bond motifs is 1. The third kappa shape index (κ3) is 11.1. The number of imide groups is 2. The van der Waals surface area contributed by atoms with Gasteiger partial charge in [0.1, 0.15) is 6.04 Å². The summed E-state index contributed by atoms with van der Waals surface area (Å²) in [4.78, 5) is 63.2. The van der Waals surface area contributed by atoms with Gasteiger partial charge in [0.05, 0.1) is 76.3 Å². The molecule has 238 valence electrons. The van der Waals surface area contributed by atoms with Crippen molar-refractivity contribution in [1.29, 1.82) is 0 Å². The smallest absolute Gasteiger partial charge is 0.264 e. The molecule has 0 radical (unpaired) electrons. The maximum atomic E-state index is 13.1. The molecule has 1 atom stereocenters. The number of amides is 5. The summed E-state index contributed by atoms with van der Waals surface area (Å²) < 4.78 is 27.0. The van der Waals surface area contributed by atoms with E-state index < -0.39 is 29.7 Å². The molecule has 4 N–H and O–H groups in total. The summed E-state index contributed by atoms with van der Waals surface area (Å²) in [7, 11) is 0. The largest absolute Gasteiger partial charge is 0.379 e. The molecule has 1 unspecified atom stereocenters. The van der Waals surface area contributed by atoms with E-state index in [1.807, 2.05) is 0 Å². The Labute approximate surface area is 250 Å². The van der Waals surface area contributed by atoms with Gasteiger partial charge in [-0.25, -0.2) is 0 Å². The molecule has 3 rings (SSSR count). The molecule has 0 aromatic heterocycles. The highest BCUT2D eigenvalue weighted by molar-refractivity contribution is 6.26. The van der Waals surface area contributed by atoms with Crippen molar-refractivity contribution in [2.75, 3.05) is 77.9 Å². The Hall–Kier alpha value is -3.27. The van der Waals surface area contributed by atoms with Crippen LogP contribution in [0.1, 0.15) is 59.2 Å². The monoisotopic (exact) mass is 606 g/mol. The fraction of sp³-hybridized carbons (Fsp3) is 0.621. The first-order valence-corrected chi connectivity index (χ1v) is 14.7. The van der Waals surface area contributed by atoms with Gasteiger partial charge in [-0.15, -0.1) is 0 Å². The van der Waals surface area contributed by atoms with E-state index in [2.05, 4.69) is 10.6 Å². The second-order valence-corrected chi connectivity index (χ2v) is 9.88. The van der Waals surface area contributed by atoms with Gasteiger partial charge >= 0.3 is 0 Å². The first-order valence-electron chi connectivity index (χ1n) is 14.7. The molecular weight excluding hydrogens is 564 g/mol. The maximum absolute atomic E-state index is 13.1. The van der Waals surface area contributed by atoms with Crippen LogP contribution in [-0.4, -0.2) is 113 Å². The zero-order chi connectivity index (χ0) is 30.9. The van der Waals surface area contributed by atoms with Crippen LogP contribution in [0.2, 0.25) is 0 Å². The molecule has 5 amide bonds. The first kappa shape index (κ1) is 34.2. The van der Waals surface area contributed by atoms with Gasteiger partial charge < -0.3 is 34.7 Å². The molecule has 1 aromatic carbocycles. The van der Waals surface area contributed by atoms with Crippen molar-refractivity contribution in [1.82, 2.24) is 10.2 Å². The van der Waals surface area contributed by atoms with Gasteiger partial charge in [-0.2, -0.15) is 0 Å². The molecule has 0 saturated carbocycles.